The minimum absolute atomic E-state index is 0.734. The van der Waals surface area contributed by atoms with Crippen LogP contribution in [0.15, 0.2) is 18.2 Å². The van der Waals surface area contributed by atoms with Gasteiger partial charge in [-0.2, -0.15) is 0 Å². The van der Waals surface area contributed by atoms with Crippen molar-refractivity contribution in [2.45, 2.75) is 13.0 Å². The van der Waals surface area contributed by atoms with E-state index in [0.29, 0.717) is 0 Å². The van der Waals surface area contributed by atoms with Gasteiger partial charge in [0.1, 0.15) is 0 Å². The zero-order valence-corrected chi connectivity index (χ0v) is 7.34. The van der Waals surface area contributed by atoms with E-state index >= 15 is 0 Å². The third-order valence-corrected chi connectivity index (χ3v) is 2.35. The van der Waals surface area contributed by atoms with Crippen LogP contribution in [0, 0.1) is 0 Å². The molecule has 3 heteroatoms. The standard InChI is InChI=1S/C10H12N2O/c13-7-12-10-3-1-2-8-6-11-5-4-9(8)10/h1-3,7,11H,4-6H2,(H,12,13). The first kappa shape index (κ1) is 8.26. The molecule has 0 spiro atoms. The van der Waals surface area contributed by atoms with Crippen LogP contribution in [-0.4, -0.2) is 13.0 Å². The first-order valence-electron chi connectivity index (χ1n) is 4.43. The number of benzene rings is 1. The average molecular weight is 176 g/mol. The molecule has 1 heterocycles. The second-order valence-electron chi connectivity index (χ2n) is 3.13. The number of fused-ring (bicyclic) bond motifs is 1. The van der Waals surface area contributed by atoms with Crippen molar-refractivity contribution >= 4 is 12.1 Å². The van der Waals surface area contributed by atoms with Gasteiger partial charge in [-0.15, -0.1) is 0 Å². The molecule has 0 unspecified atom stereocenters. The van der Waals surface area contributed by atoms with E-state index < -0.39 is 0 Å². The van der Waals surface area contributed by atoms with Gasteiger partial charge in [0.05, 0.1) is 0 Å². The molecule has 3 nitrogen and oxygen atoms in total. The van der Waals surface area contributed by atoms with Crippen molar-refractivity contribution in [1.82, 2.24) is 5.32 Å². The van der Waals surface area contributed by atoms with E-state index in [2.05, 4.69) is 16.7 Å². The topological polar surface area (TPSA) is 41.1 Å². The van der Waals surface area contributed by atoms with E-state index in [0.717, 1.165) is 31.6 Å². The molecule has 0 fully saturated rings. The molecular weight excluding hydrogens is 164 g/mol. The second kappa shape index (κ2) is 3.58. The molecule has 1 aromatic rings. The van der Waals surface area contributed by atoms with Crippen LogP contribution in [-0.2, 0) is 17.8 Å². The molecule has 0 atom stereocenters. The Morgan fingerprint density at radius 1 is 1.46 bits per heavy atom. The van der Waals surface area contributed by atoms with E-state index in [-0.39, 0.29) is 0 Å². The number of nitrogens with one attached hydrogen (secondary N) is 2. The molecule has 0 aromatic heterocycles. The highest BCUT2D eigenvalue weighted by atomic mass is 16.1. The van der Waals surface area contributed by atoms with Crippen molar-refractivity contribution in [3.63, 3.8) is 0 Å². The highest BCUT2D eigenvalue weighted by Crippen LogP contribution is 2.22. The smallest absolute Gasteiger partial charge is 0.211 e. The summed E-state index contributed by atoms with van der Waals surface area (Å²) in [5.41, 5.74) is 3.51. The lowest BCUT2D eigenvalue weighted by atomic mass is 9.99. The van der Waals surface area contributed by atoms with Crippen LogP contribution in [0.5, 0.6) is 0 Å². The minimum atomic E-state index is 0.734. The summed E-state index contributed by atoms with van der Waals surface area (Å²) in [5, 5.41) is 6.02. The Bertz CT molecular complexity index is 323. The Balaban J connectivity index is 2.39. The predicted molar refractivity (Wildman–Crippen MR) is 51.5 cm³/mol. The first-order chi connectivity index (χ1) is 6.42. The molecule has 0 aliphatic carbocycles. The summed E-state index contributed by atoms with van der Waals surface area (Å²) in [4.78, 5) is 10.3. The van der Waals surface area contributed by atoms with E-state index in [9.17, 15) is 4.79 Å². The van der Waals surface area contributed by atoms with Crippen molar-refractivity contribution in [3.8, 4) is 0 Å². The van der Waals surface area contributed by atoms with Crippen LogP contribution < -0.4 is 10.6 Å². The van der Waals surface area contributed by atoms with E-state index in [4.69, 9.17) is 0 Å². The molecule has 0 saturated heterocycles. The third kappa shape index (κ3) is 1.55. The SMILES string of the molecule is O=CNc1cccc2c1CCNC2. The summed E-state index contributed by atoms with van der Waals surface area (Å²) in [6, 6.07) is 6.01. The number of hydrogen-bond donors (Lipinski definition) is 2. The molecule has 0 saturated carbocycles. The first-order valence-corrected chi connectivity index (χ1v) is 4.43. The van der Waals surface area contributed by atoms with Gasteiger partial charge in [-0.3, -0.25) is 4.79 Å². The van der Waals surface area contributed by atoms with Crippen molar-refractivity contribution in [1.29, 1.82) is 0 Å². The number of carbonyl (C=O) groups is 1. The monoisotopic (exact) mass is 176 g/mol. The zero-order chi connectivity index (χ0) is 9.10. The second-order valence-corrected chi connectivity index (χ2v) is 3.13. The highest BCUT2D eigenvalue weighted by Gasteiger charge is 2.11. The number of carbonyl (C=O) groups excluding carboxylic acids is 1. The van der Waals surface area contributed by atoms with Crippen LogP contribution in [0.4, 0.5) is 5.69 Å². The molecule has 68 valence electrons. The van der Waals surface area contributed by atoms with Crippen molar-refractivity contribution in [2.75, 3.05) is 11.9 Å². The molecular formula is C10H12N2O. The number of anilines is 1. The van der Waals surface area contributed by atoms with Gasteiger partial charge in [0.25, 0.3) is 0 Å². The van der Waals surface area contributed by atoms with Crippen LogP contribution >= 0.6 is 0 Å². The fraction of sp³-hybridized carbons (Fsp3) is 0.300. The molecule has 1 aromatic carbocycles. The van der Waals surface area contributed by atoms with Gasteiger partial charge in [0.15, 0.2) is 0 Å². The molecule has 1 aliphatic heterocycles. The van der Waals surface area contributed by atoms with Crippen LogP contribution in [0.2, 0.25) is 0 Å². The Labute approximate surface area is 77.1 Å². The van der Waals surface area contributed by atoms with Gasteiger partial charge >= 0.3 is 0 Å². The number of rotatable bonds is 2. The summed E-state index contributed by atoms with van der Waals surface area (Å²) in [7, 11) is 0. The normalized spacial score (nSPS) is 14.8. The Kier molecular flexibility index (Phi) is 2.27. The minimum Gasteiger partial charge on any atom is -0.328 e. The zero-order valence-electron chi connectivity index (χ0n) is 7.34. The largest absolute Gasteiger partial charge is 0.328 e. The fourth-order valence-corrected chi connectivity index (χ4v) is 1.73. The van der Waals surface area contributed by atoms with E-state index in [1.54, 1.807) is 0 Å². The lowest BCUT2D eigenvalue weighted by molar-refractivity contribution is -0.105. The lowest BCUT2D eigenvalue weighted by Crippen LogP contribution is -2.24. The maximum absolute atomic E-state index is 10.3. The van der Waals surface area contributed by atoms with Crippen LogP contribution in [0.3, 0.4) is 0 Å². The van der Waals surface area contributed by atoms with Crippen LogP contribution in [0.25, 0.3) is 0 Å². The van der Waals surface area contributed by atoms with Gasteiger partial charge in [0.2, 0.25) is 6.41 Å². The van der Waals surface area contributed by atoms with Gasteiger partial charge in [-0.05, 0) is 30.2 Å². The van der Waals surface area contributed by atoms with Crippen molar-refractivity contribution < 1.29 is 4.79 Å². The summed E-state index contributed by atoms with van der Waals surface area (Å²) < 4.78 is 0. The summed E-state index contributed by atoms with van der Waals surface area (Å²) in [6.07, 6.45) is 1.73. The molecule has 0 radical (unpaired) electrons. The van der Waals surface area contributed by atoms with Gasteiger partial charge in [-0.25, -0.2) is 0 Å². The quantitative estimate of drug-likeness (QED) is 0.657. The lowest BCUT2D eigenvalue weighted by Gasteiger charge is -2.19. The Morgan fingerprint density at radius 2 is 2.38 bits per heavy atom. The van der Waals surface area contributed by atoms with E-state index in [1.807, 2.05) is 12.1 Å². The summed E-state index contributed by atoms with van der Waals surface area (Å²) in [6.45, 7) is 1.90. The predicted octanol–water partition coefficient (Wildman–Crippen LogP) is 0.901. The highest BCUT2D eigenvalue weighted by molar-refractivity contribution is 5.74. The van der Waals surface area contributed by atoms with E-state index in [1.165, 1.54) is 11.1 Å². The molecule has 0 bridgehead atoms. The maximum Gasteiger partial charge on any atom is 0.211 e. The molecule has 13 heavy (non-hydrogen) atoms. The summed E-state index contributed by atoms with van der Waals surface area (Å²) >= 11 is 0. The number of amides is 1. The molecule has 2 N–H and O–H groups in total. The van der Waals surface area contributed by atoms with Crippen molar-refractivity contribution in [2.24, 2.45) is 0 Å². The third-order valence-electron chi connectivity index (χ3n) is 2.35. The van der Waals surface area contributed by atoms with Gasteiger partial charge < -0.3 is 10.6 Å². The van der Waals surface area contributed by atoms with Crippen molar-refractivity contribution in [3.05, 3.63) is 29.3 Å². The Hall–Kier alpha value is -1.35. The number of hydrogen-bond acceptors (Lipinski definition) is 2. The van der Waals surface area contributed by atoms with Crippen LogP contribution in [0.1, 0.15) is 11.1 Å². The van der Waals surface area contributed by atoms with Gasteiger partial charge in [0, 0.05) is 12.2 Å². The Morgan fingerprint density at radius 3 is 3.23 bits per heavy atom. The fourth-order valence-electron chi connectivity index (χ4n) is 1.73. The maximum atomic E-state index is 10.3. The molecule has 1 aliphatic rings. The summed E-state index contributed by atoms with van der Waals surface area (Å²) in [5.74, 6) is 0. The van der Waals surface area contributed by atoms with Gasteiger partial charge in [-0.1, -0.05) is 12.1 Å². The average Bonchev–Trinajstić information content (AvgIpc) is 2.19. The molecule has 1 amide bonds. The molecule has 2 rings (SSSR count).